The van der Waals surface area contributed by atoms with Gasteiger partial charge in [-0.05, 0) is 38.8 Å². The molecule has 1 saturated heterocycles. The molecule has 0 aromatic carbocycles. The molecule has 2 rings (SSSR count). The molecule has 1 N–H and O–H groups in total. The molecule has 1 aliphatic rings. The van der Waals surface area contributed by atoms with Crippen molar-refractivity contribution in [1.29, 1.82) is 0 Å². The number of hydrogen-bond acceptors (Lipinski definition) is 3. The standard InChI is InChI=1S/C13H20N2O/c1-10-5-3-6-12(15-10)9-14-11(2)13-7-4-8-16-13/h3,5-6,11,13-14H,4,7-9H2,1-2H3. The molecular weight excluding hydrogens is 200 g/mol. The van der Waals surface area contributed by atoms with Crippen LogP contribution in [0.15, 0.2) is 18.2 Å². The van der Waals surface area contributed by atoms with E-state index >= 15 is 0 Å². The van der Waals surface area contributed by atoms with E-state index < -0.39 is 0 Å². The molecule has 0 radical (unpaired) electrons. The second-order valence-corrected chi connectivity index (χ2v) is 4.49. The molecule has 1 fully saturated rings. The van der Waals surface area contributed by atoms with Crippen LogP contribution >= 0.6 is 0 Å². The maximum Gasteiger partial charge on any atom is 0.0726 e. The van der Waals surface area contributed by atoms with Gasteiger partial charge in [-0.1, -0.05) is 6.07 Å². The van der Waals surface area contributed by atoms with Crippen molar-refractivity contribution in [1.82, 2.24) is 10.3 Å². The Balaban J connectivity index is 1.82. The first kappa shape index (κ1) is 11.6. The van der Waals surface area contributed by atoms with Gasteiger partial charge in [0.05, 0.1) is 11.8 Å². The average molecular weight is 220 g/mol. The van der Waals surface area contributed by atoms with Crippen molar-refractivity contribution < 1.29 is 4.74 Å². The molecule has 0 saturated carbocycles. The highest BCUT2D eigenvalue weighted by atomic mass is 16.5. The fourth-order valence-electron chi connectivity index (χ4n) is 2.09. The van der Waals surface area contributed by atoms with Gasteiger partial charge >= 0.3 is 0 Å². The third-order valence-corrected chi connectivity index (χ3v) is 3.07. The molecule has 16 heavy (non-hydrogen) atoms. The second kappa shape index (κ2) is 5.41. The Hall–Kier alpha value is -0.930. The van der Waals surface area contributed by atoms with Crippen molar-refractivity contribution in [3.8, 4) is 0 Å². The van der Waals surface area contributed by atoms with Gasteiger partial charge in [-0.25, -0.2) is 0 Å². The summed E-state index contributed by atoms with van der Waals surface area (Å²) in [6.45, 7) is 5.95. The minimum absolute atomic E-state index is 0.379. The van der Waals surface area contributed by atoms with E-state index in [1.807, 2.05) is 13.0 Å². The summed E-state index contributed by atoms with van der Waals surface area (Å²) < 4.78 is 5.64. The minimum Gasteiger partial charge on any atom is -0.377 e. The monoisotopic (exact) mass is 220 g/mol. The van der Waals surface area contributed by atoms with Crippen molar-refractivity contribution in [2.24, 2.45) is 0 Å². The van der Waals surface area contributed by atoms with Crippen LogP contribution in [0.5, 0.6) is 0 Å². The van der Waals surface area contributed by atoms with E-state index in [0.717, 1.165) is 24.5 Å². The largest absolute Gasteiger partial charge is 0.377 e. The van der Waals surface area contributed by atoms with E-state index in [2.05, 4.69) is 29.4 Å². The lowest BCUT2D eigenvalue weighted by Gasteiger charge is -2.19. The maximum absolute atomic E-state index is 5.64. The average Bonchev–Trinajstić information content (AvgIpc) is 2.79. The molecule has 1 aliphatic heterocycles. The lowest BCUT2D eigenvalue weighted by Crippen LogP contribution is -2.36. The van der Waals surface area contributed by atoms with E-state index in [1.54, 1.807) is 0 Å². The van der Waals surface area contributed by atoms with Gasteiger partial charge < -0.3 is 10.1 Å². The number of pyridine rings is 1. The summed E-state index contributed by atoms with van der Waals surface area (Å²) in [6.07, 6.45) is 2.75. The fourth-order valence-corrected chi connectivity index (χ4v) is 2.09. The van der Waals surface area contributed by atoms with E-state index in [-0.39, 0.29) is 0 Å². The van der Waals surface area contributed by atoms with Gasteiger partial charge in [0.1, 0.15) is 0 Å². The Bertz CT molecular complexity index is 334. The van der Waals surface area contributed by atoms with Gasteiger partial charge in [0.2, 0.25) is 0 Å². The minimum atomic E-state index is 0.379. The van der Waals surface area contributed by atoms with Crippen LogP contribution in [0.2, 0.25) is 0 Å². The molecule has 0 bridgehead atoms. The zero-order chi connectivity index (χ0) is 11.4. The first-order valence-corrected chi connectivity index (χ1v) is 6.03. The Morgan fingerprint density at radius 1 is 1.56 bits per heavy atom. The quantitative estimate of drug-likeness (QED) is 0.843. The summed E-state index contributed by atoms with van der Waals surface area (Å²) >= 11 is 0. The predicted molar refractivity (Wildman–Crippen MR) is 64.2 cm³/mol. The molecular formula is C13H20N2O. The van der Waals surface area contributed by atoms with Crippen molar-refractivity contribution >= 4 is 0 Å². The number of hydrogen-bond donors (Lipinski definition) is 1. The topological polar surface area (TPSA) is 34.1 Å². The molecule has 0 aliphatic carbocycles. The normalized spacial score (nSPS) is 22.2. The zero-order valence-electron chi connectivity index (χ0n) is 10.1. The number of nitrogens with zero attached hydrogens (tertiary/aromatic N) is 1. The van der Waals surface area contributed by atoms with Crippen LogP contribution in [0.3, 0.4) is 0 Å². The van der Waals surface area contributed by atoms with Gasteiger partial charge in [0.25, 0.3) is 0 Å². The highest BCUT2D eigenvalue weighted by Crippen LogP contribution is 2.15. The highest BCUT2D eigenvalue weighted by molar-refractivity contribution is 5.09. The summed E-state index contributed by atoms with van der Waals surface area (Å²) in [5.41, 5.74) is 2.17. The molecule has 3 nitrogen and oxygen atoms in total. The Labute approximate surface area is 97.2 Å². The second-order valence-electron chi connectivity index (χ2n) is 4.49. The van der Waals surface area contributed by atoms with Gasteiger partial charge in [0.15, 0.2) is 0 Å². The summed E-state index contributed by atoms with van der Waals surface area (Å²) in [5.74, 6) is 0. The van der Waals surface area contributed by atoms with Crippen molar-refractivity contribution in [3.63, 3.8) is 0 Å². The molecule has 2 atom stereocenters. The van der Waals surface area contributed by atoms with E-state index in [1.165, 1.54) is 12.8 Å². The first-order chi connectivity index (χ1) is 7.75. The lowest BCUT2D eigenvalue weighted by molar-refractivity contribution is 0.0831. The van der Waals surface area contributed by atoms with Crippen molar-refractivity contribution in [3.05, 3.63) is 29.6 Å². The van der Waals surface area contributed by atoms with Gasteiger partial charge in [0, 0.05) is 24.9 Å². The SMILES string of the molecule is Cc1cccc(CNC(C)C2CCCO2)n1. The predicted octanol–water partition coefficient (Wildman–Crippen LogP) is 2.05. The van der Waals surface area contributed by atoms with E-state index in [0.29, 0.717) is 12.1 Å². The maximum atomic E-state index is 5.64. The highest BCUT2D eigenvalue weighted by Gasteiger charge is 2.21. The van der Waals surface area contributed by atoms with E-state index in [4.69, 9.17) is 4.74 Å². The molecule has 1 aromatic heterocycles. The van der Waals surface area contributed by atoms with E-state index in [9.17, 15) is 0 Å². The van der Waals surface area contributed by atoms with Gasteiger partial charge in [-0.15, -0.1) is 0 Å². The van der Waals surface area contributed by atoms with Gasteiger partial charge in [-0.3, -0.25) is 4.98 Å². The van der Waals surface area contributed by atoms with Gasteiger partial charge in [-0.2, -0.15) is 0 Å². The third-order valence-electron chi connectivity index (χ3n) is 3.07. The van der Waals surface area contributed by atoms with Crippen LogP contribution in [0.4, 0.5) is 0 Å². The molecule has 3 heteroatoms. The summed E-state index contributed by atoms with van der Waals surface area (Å²) in [7, 11) is 0. The number of rotatable bonds is 4. The first-order valence-electron chi connectivity index (χ1n) is 6.03. The Morgan fingerprint density at radius 2 is 2.44 bits per heavy atom. The van der Waals surface area contributed by atoms with Crippen LogP contribution in [-0.4, -0.2) is 23.7 Å². The number of nitrogens with one attached hydrogen (secondary N) is 1. The third kappa shape index (κ3) is 3.03. The Morgan fingerprint density at radius 3 is 3.12 bits per heavy atom. The molecule has 1 aromatic rings. The molecule has 0 amide bonds. The smallest absolute Gasteiger partial charge is 0.0726 e. The van der Waals surface area contributed by atoms with Crippen LogP contribution in [0.1, 0.15) is 31.2 Å². The molecule has 88 valence electrons. The summed E-state index contributed by atoms with van der Waals surface area (Å²) in [4.78, 5) is 4.47. The summed E-state index contributed by atoms with van der Waals surface area (Å²) in [5, 5.41) is 3.48. The number of aryl methyl sites for hydroxylation is 1. The van der Waals surface area contributed by atoms with Crippen LogP contribution < -0.4 is 5.32 Å². The van der Waals surface area contributed by atoms with Crippen LogP contribution in [0, 0.1) is 6.92 Å². The number of aromatic nitrogens is 1. The van der Waals surface area contributed by atoms with Crippen LogP contribution in [-0.2, 0) is 11.3 Å². The Kier molecular flexibility index (Phi) is 3.91. The number of ether oxygens (including phenoxy) is 1. The molecule has 2 heterocycles. The van der Waals surface area contributed by atoms with Crippen molar-refractivity contribution in [2.75, 3.05) is 6.61 Å². The fraction of sp³-hybridized carbons (Fsp3) is 0.615. The summed E-state index contributed by atoms with van der Waals surface area (Å²) in [6, 6.07) is 6.54. The lowest BCUT2D eigenvalue weighted by atomic mass is 10.1. The zero-order valence-corrected chi connectivity index (χ0v) is 10.1. The molecule has 0 spiro atoms. The van der Waals surface area contributed by atoms with Crippen molar-refractivity contribution in [2.45, 2.75) is 45.4 Å². The van der Waals surface area contributed by atoms with Crippen LogP contribution in [0.25, 0.3) is 0 Å². The molecule has 2 unspecified atom stereocenters.